The first kappa shape index (κ1) is 13.1. The van der Waals surface area contributed by atoms with E-state index in [2.05, 4.69) is 14.9 Å². The third-order valence-electron chi connectivity index (χ3n) is 2.88. The standard InChI is InChI=1S/C11H13N3O5/c1-2-19-11(18)9(15)14-4-6(5-14)7-3-8(10(16)17)13-12-7/h3,6H,2,4-5H2,1H3,(H,12,13)(H,16,17). The SMILES string of the molecule is CCOC(=O)C(=O)N1CC(c2cc(C(=O)O)n[nH]2)C1. The second-order valence-electron chi connectivity index (χ2n) is 4.14. The van der Waals surface area contributed by atoms with Gasteiger partial charge in [0.15, 0.2) is 5.69 Å². The molecule has 0 aromatic carbocycles. The highest BCUT2D eigenvalue weighted by molar-refractivity contribution is 6.32. The van der Waals surface area contributed by atoms with Gasteiger partial charge in [-0.1, -0.05) is 0 Å². The molecule has 0 bridgehead atoms. The van der Waals surface area contributed by atoms with Gasteiger partial charge in [-0.3, -0.25) is 9.89 Å². The molecule has 102 valence electrons. The first-order valence-electron chi connectivity index (χ1n) is 5.77. The number of ether oxygens (including phenoxy) is 1. The summed E-state index contributed by atoms with van der Waals surface area (Å²) in [7, 11) is 0. The zero-order chi connectivity index (χ0) is 14.0. The molecule has 19 heavy (non-hydrogen) atoms. The Bertz CT molecular complexity index is 518. The Morgan fingerprint density at radius 2 is 2.21 bits per heavy atom. The molecule has 2 N–H and O–H groups in total. The lowest BCUT2D eigenvalue weighted by Crippen LogP contribution is -2.51. The van der Waals surface area contributed by atoms with Crippen molar-refractivity contribution in [2.45, 2.75) is 12.8 Å². The van der Waals surface area contributed by atoms with Gasteiger partial charge in [-0.05, 0) is 13.0 Å². The molecule has 8 heteroatoms. The number of carbonyl (C=O) groups is 3. The van der Waals surface area contributed by atoms with Gasteiger partial charge in [0.1, 0.15) is 0 Å². The number of likely N-dealkylation sites (tertiary alicyclic amines) is 1. The second-order valence-corrected chi connectivity index (χ2v) is 4.14. The van der Waals surface area contributed by atoms with Crippen LogP contribution in [0.2, 0.25) is 0 Å². The van der Waals surface area contributed by atoms with E-state index in [9.17, 15) is 14.4 Å². The third-order valence-corrected chi connectivity index (χ3v) is 2.88. The Kier molecular flexibility index (Phi) is 3.50. The number of H-pyrrole nitrogens is 1. The van der Waals surface area contributed by atoms with Gasteiger partial charge in [-0.15, -0.1) is 0 Å². The highest BCUT2D eigenvalue weighted by Gasteiger charge is 2.36. The van der Waals surface area contributed by atoms with Crippen molar-refractivity contribution in [2.75, 3.05) is 19.7 Å². The molecule has 0 atom stereocenters. The number of hydrogen-bond acceptors (Lipinski definition) is 5. The van der Waals surface area contributed by atoms with Crippen LogP contribution in [0.1, 0.15) is 29.0 Å². The number of nitrogens with zero attached hydrogens (tertiary/aromatic N) is 2. The minimum absolute atomic E-state index is 0.0287. The predicted molar refractivity (Wildman–Crippen MR) is 61.5 cm³/mol. The lowest BCUT2D eigenvalue weighted by molar-refractivity contribution is -0.162. The number of esters is 1. The molecule has 1 aromatic rings. The molecule has 0 aliphatic carbocycles. The van der Waals surface area contributed by atoms with E-state index in [1.54, 1.807) is 6.92 Å². The van der Waals surface area contributed by atoms with Crippen molar-refractivity contribution in [1.29, 1.82) is 0 Å². The average molecular weight is 267 g/mol. The fourth-order valence-electron chi connectivity index (χ4n) is 1.82. The Labute approximate surface area is 108 Å². The summed E-state index contributed by atoms with van der Waals surface area (Å²) in [4.78, 5) is 34.8. The number of hydrogen-bond donors (Lipinski definition) is 2. The smallest absolute Gasteiger partial charge is 0.397 e. The van der Waals surface area contributed by atoms with Gasteiger partial charge < -0.3 is 14.7 Å². The molecule has 1 aliphatic rings. The van der Waals surface area contributed by atoms with Crippen molar-refractivity contribution in [3.63, 3.8) is 0 Å². The molecule has 1 saturated heterocycles. The van der Waals surface area contributed by atoms with E-state index in [0.29, 0.717) is 18.8 Å². The van der Waals surface area contributed by atoms with Crippen LogP contribution in [0.15, 0.2) is 6.07 Å². The summed E-state index contributed by atoms with van der Waals surface area (Å²) >= 11 is 0. The molecule has 0 spiro atoms. The fraction of sp³-hybridized carbons (Fsp3) is 0.455. The second kappa shape index (κ2) is 5.09. The summed E-state index contributed by atoms with van der Waals surface area (Å²) < 4.78 is 4.61. The molecule has 1 fully saturated rings. The zero-order valence-electron chi connectivity index (χ0n) is 10.3. The quantitative estimate of drug-likeness (QED) is 0.569. The van der Waals surface area contributed by atoms with Crippen molar-refractivity contribution in [2.24, 2.45) is 0 Å². The number of aromatic nitrogens is 2. The van der Waals surface area contributed by atoms with Gasteiger partial charge in [0.2, 0.25) is 0 Å². The lowest BCUT2D eigenvalue weighted by Gasteiger charge is -2.37. The van der Waals surface area contributed by atoms with Crippen LogP contribution in [0.25, 0.3) is 0 Å². The van der Waals surface area contributed by atoms with Gasteiger partial charge >= 0.3 is 17.8 Å². The highest BCUT2D eigenvalue weighted by Crippen LogP contribution is 2.26. The van der Waals surface area contributed by atoms with Crippen molar-refractivity contribution < 1.29 is 24.2 Å². The highest BCUT2D eigenvalue weighted by atomic mass is 16.5. The minimum Gasteiger partial charge on any atom is -0.476 e. The molecule has 2 heterocycles. The maximum absolute atomic E-state index is 11.5. The number of carboxylic acid groups (broad SMARTS) is 1. The summed E-state index contributed by atoms with van der Waals surface area (Å²) in [5.41, 5.74) is 0.579. The maximum Gasteiger partial charge on any atom is 0.397 e. The molecule has 1 aliphatic heterocycles. The number of aromatic carboxylic acids is 1. The summed E-state index contributed by atoms with van der Waals surface area (Å²) in [6.07, 6.45) is 0. The number of aromatic amines is 1. The Balaban J connectivity index is 1.90. The van der Waals surface area contributed by atoms with Crippen LogP contribution in [0.3, 0.4) is 0 Å². The average Bonchev–Trinajstić information content (AvgIpc) is 2.76. The van der Waals surface area contributed by atoms with Crippen molar-refractivity contribution in [1.82, 2.24) is 15.1 Å². The van der Waals surface area contributed by atoms with Crippen LogP contribution in [-0.4, -0.2) is 57.7 Å². The van der Waals surface area contributed by atoms with E-state index in [1.807, 2.05) is 0 Å². The van der Waals surface area contributed by atoms with E-state index in [1.165, 1.54) is 11.0 Å². The molecular formula is C11H13N3O5. The Morgan fingerprint density at radius 1 is 1.53 bits per heavy atom. The van der Waals surface area contributed by atoms with Crippen LogP contribution < -0.4 is 0 Å². The molecule has 0 unspecified atom stereocenters. The van der Waals surface area contributed by atoms with Gasteiger partial charge in [0.25, 0.3) is 0 Å². The summed E-state index contributed by atoms with van der Waals surface area (Å²) in [6, 6.07) is 1.43. The van der Waals surface area contributed by atoms with Crippen LogP contribution in [0, 0.1) is 0 Å². The van der Waals surface area contributed by atoms with Crippen molar-refractivity contribution in [3.05, 3.63) is 17.5 Å². The first-order valence-corrected chi connectivity index (χ1v) is 5.77. The monoisotopic (exact) mass is 267 g/mol. The topological polar surface area (TPSA) is 113 Å². The molecule has 1 aromatic heterocycles. The van der Waals surface area contributed by atoms with Crippen molar-refractivity contribution in [3.8, 4) is 0 Å². The number of carboxylic acids is 1. The predicted octanol–water partition coefficient (Wildman–Crippen LogP) is -0.403. The molecule has 8 nitrogen and oxygen atoms in total. The van der Waals surface area contributed by atoms with Gasteiger partial charge in [0, 0.05) is 24.7 Å². The van der Waals surface area contributed by atoms with Gasteiger partial charge in [-0.25, -0.2) is 9.59 Å². The van der Waals surface area contributed by atoms with Gasteiger partial charge in [-0.2, -0.15) is 5.10 Å². The minimum atomic E-state index is -1.11. The van der Waals surface area contributed by atoms with Gasteiger partial charge in [0.05, 0.1) is 6.61 Å². The van der Waals surface area contributed by atoms with E-state index in [-0.39, 0.29) is 18.2 Å². The van der Waals surface area contributed by atoms with Crippen LogP contribution >= 0.6 is 0 Å². The molecule has 0 saturated carbocycles. The number of nitrogens with one attached hydrogen (secondary N) is 1. The normalized spacial score (nSPS) is 14.9. The molecule has 2 rings (SSSR count). The van der Waals surface area contributed by atoms with E-state index in [0.717, 1.165) is 0 Å². The third kappa shape index (κ3) is 2.56. The number of amides is 1. The molecule has 0 radical (unpaired) electrons. The zero-order valence-corrected chi connectivity index (χ0v) is 10.3. The largest absolute Gasteiger partial charge is 0.476 e. The fourth-order valence-corrected chi connectivity index (χ4v) is 1.82. The first-order chi connectivity index (χ1) is 9.02. The van der Waals surface area contributed by atoms with Crippen LogP contribution in [-0.2, 0) is 14.3 Å². The van der Waals surface area contributed by atoms with Crippen LogP contribution in [0.5, 0.6) is 0 Å². The lowest BCUT2D eigenvalue weighted by atomic mass is 9.96. The molecular weight excluding hydrogens is 254 g/mol. The van der Waals surface area contributed by atoms with E-state index >= 15 is 0 Å². The van der Waals surface area contributed by atoms with E-state index in [4.69, 9.17) is 5.11 Å². The summed E-state index contributed by atoms with van der Waals surface area (Å²) in [5, 5.41) is 15.0. The number of carbonyl (C=O) groups excluding carboxylic acids is 2. The summed E-state index contributed by atoms with van der Waals surface area (Å²) in [6.45, 7) is 2.48. The van der Waals surface area contributed by atoms with Crippen LogP contribution in [0.4, 0.5) is 0 Å². The Hall–Kier alpha value is -2.38. The van der Waals surface area contributed by atoms with E-state index < -0.39 is 17.8 Å². The van der Waals surface area contributed by atoms with Crippen molar-refractivity contribution >= 4 is 17.8 Å². The Morgan fingerprint density at radius 3 is 2.74 bits per heavy atom. The maximum atomic E-state index is 11.5. The number of rotatable bonds is 3. The molecule has 1 amide bonds. The summed E-state index contributed by atoms with van der Waals surface area (Å²) in [5.74, 6) is -2.67.